The topological polar surface area (TPSA) is 49.3 Å². The van der Waals surface area contributed by atoms with Crippen molar-refractivity contribution in [2.24, 2.45) is 0 Å². The Morgan fingerprint density at radius 2 is 1.62 bits per heavy atom. The van der Waals surface area contributed by atoms with Crippen LogP contribution in [0, 0.1) is 0 Å². The molecule has 2 aromatic carbocycles. The second-order valence-electron chi connectivity index (χ2n) is 8.45. The van der Waals surface area contributed by atoms with E-state index in [1.54, 1.807) is 11.9 Å². The van der Waals surface area contributed by atoms with Crippen LogP contribution in [0.1, 0.15) is 57.2 Å². The van der Waals surface area contributed by atoms with Gasteiger partial charge in [-0.05, 0) is 76.6 Å². The maximum atomic E-state index is 10.8. The van der Waals surface area contributed by atoms with Crippen LogP contribution in [0.25, 0.3) is 0 Å². The van der Waals surface area contributed by atoms with E-state index in [1.807, 2.05) is 24.3 Å². The van der Waals surface area contributed by atoms with Gasteiger partial charge in [0.05, 0.1) is 6.42 Å². The Labute approximate surface area is 160 Å². The van der Waals surface area contributed by atoms with Gasteiger partial charge in [-0.1, -0.05) is 45.9 Å². The van der Waals surface area contributed by atoms with Gasteiger partial charge in [-0.3, -0.25) is 4.79 Å². The second-order valence-corrected chi connectivity index (χ2v) is 9.33. The molecule has 0 amide bonds. The predicted molar refractivity (Wildman–Crippen MR) is 109 cm³/mol. The Balaban J connectivity index is 1.74. The van der Waals surface area contributed by atoms with E-state index in [1.165, 1.54) is 24.0 Å². The lowest BCUT2D eigenvalue weighted by atomic mass is 9.63. The molecule has 0 radical (unpaired) electrons. The van der Waals surface area contributed by atoms with Gasteiger partial charge < -0.3 is 9.83 Å². The molecule has 0 bridgehead atoms. The van der Waals surface area contributed by atoms with E-state index in [0.717, 1.165) is 16.1 Å². The van der Waals surface area contributed by atoms with Crippen LogP contribution in [0.4, 0.5) is 5.69 Å². The number of carbonyl (C=O) groups is 1. The first-order valence-corrected chi connectivity index (χ1v) is 9.88. The molecule has 0 unspecified atom stereocenters. The van der Waals surface area contributed by atoms with Crippen molar-refractivity contribution < 1.29 is 9.90 Å². The molecular weight excluding hydrogens is 342 g/mol. The van der Waals surface area contributed by atoms with Gasteiger partial charge in [0.1, 0.15) is 0 Å². The summed E-state index contributed by atoms with van der Waals surface area (Å²) in [6.07, 6.45) is 2.49. The largest absolute Gasteiger partial charge is 0.481 e. The number of carboxylic acids is 1. The SMILES string of the molecule is CC1(C)CCC(C)(C)c2cc(NSc3ccc(CC(=O)O)cc3)ccc21. The average Bonchev–Trinajstić information content (AvgIpc) is 2.58. The first kappa shape index (κ1) is 18.8. The summed E-state index contributed by atoms with van der Waals surface area (Å²) in [6.45, 7) is 9.33. The number of fused-ring (bicyclic) bond motifs is 1. The lowest BCUT2D eigenvalue weighted by molar-refractivity contribution is -0.136. The van der Waals surface area contributed by atoms with Crippen molar-refractivity contribution in [3.8, 4) is 0 Å². The van der Waals surface area contributed by atoms with Crippen LogP contribution >= 0.6 is 11.9 Å². The van der Waals surface area contributed by atoms with E-state index in [2.05, 4.69) is 50.6 Å². The number of rotatable bonds is 5. The number of hydrogen-bond donors (Lipinski definition) is 2. The molecular formula is C22H27NO2S. The minimum absolute atomic E-state index is 0.0636. The molecule has 2 aromatic rings. The molecule has 0 aliphatic heterocycles. The van der Waals surface area contributed by atoms with Crippen molar-refractivity contribution in [2.75, 3.05) is 4.72 Å². The highest BCUT2D eigenvalue weighted by Crippen LogP contribution is 2.46. The normalized spacial score (nSPS) is 17.4. The fourth-order valence-corrected chi connectivity index (χ4v) is 4.25. The predicted octanol–water partition coefficient (Wildman–Crippen LogP) is 5.78. The van der Waals surface area contributed by atoms with E-state index in [0.29, 0.717) is 0 Å². The Morgan fingerprint density at radius 1 is 1.00 bits per heavy atom. The molecule has 26 heavy (non-hydrogen) atoms. The maximum absolute atomic E-state index is 10.8. The van der Waals surface area contributed by atoms with E-state index < -0.39 is 5.97 Å². The molecule has 3 rings (SSSR count). The summed E-state index contributed by atoms with van der Waals surface area (Å²) in [6, 6.07) is 14.4. The zero-order chi connectivity index (χ0) is 18.9. The van der Waals surface area contributed by atoms with Crippen molar-refractivity contribution in [1.29, 1.82) is 0 Å². The number of nitrogens with one attached hydrogen (secondary N) is 1. The zero-order valence-corrected chi connectivity index (χ0v) is 16.7. The van der Waals surface area contributed by atoms with Gasteiger partial charge in [-0.15, -0.1) is 0 Å². The molecule has 0 fully saturated rings. The molecule has 0 atom stereocenters. The summed E-state index contributed by atoms with van der Waals surface area (Å²) in [4.78, 5) is 11.8. The van der Waals surface area contributed by atoms with Crippen LogP contribution in [-0.2, 0) is 22.0 Å². The lowest BCUT2D eigenvalue weighted by Gasteiger charge is -2.42. The number of benzene rings is 2. The summed E-state index contributed by atoms with van der Waals surface area (Å²) in [5.74, 6) is -0.803. The van der Waals surface area contributed by atoms with Crippen LogP contribution in [0.2, 0.25) is 0 Å². The van der Waals surface area contributed by atoms with Gasteiger partial charge in [0.25, 0.3) is 0 Å². The number of hydrogen-bond acceptors (Lipinski definition) is 3. The van der Waals surface area contributed by atoms with Gasteiger partial charge in [-0.2, -0.15) is 0 Å². The Kier molecular flexibility index (Phi) is 5.07. The summed E-state index contributed by atoms with van der Waals surface area (Å²) >= 11 is 1.55. The van der Waals surface area contributed by atoms with Gasteiger partial charge in [0.15, 0.2) is 0 Å². The van der Waals surface area contributed by atoms with Crippen molar-refractivity contribution in [1.82, 2.24) is 0 Å². The third kappa shape index (κ3) is 4.07. The highest BCUT2D eigenvalue weighted by Gasteiger charge is 2.36. The molecule has 0 saturated carbocycles. The van der Waals surface area contributed by atoms with Crippen LogP contribution in [0.5, 0.6) is 0 Å². The molecule has 4 heteroatoms. The van der Waals surface area contributed by atoms with E-state index in [4.69, 9.17) is 5.11 Å². The highest BCUT2D eigenvalue weighted by atomic mass is 32.2. The van der Waals surface area contributed by atoms with Gasteiger partial charge >= 0.3 is 5.97 Å². The molecule has 138 valence electrons. The fraction of sp³-hybridized carbons (Fsp3) is 0.409. The van der Waals surface area contributed by atoms with Crippen molar-refractivity contribution in [3.63, 3.8) is 0 Å². The molecule has 0 heterocycles. The number of anilines is 1. The summed E-state index contributed by atoms with van der Waals surface area (Å²) in [5, 5.41) is 8.85. The van der Waals surface area contributed by atoms with Gasteiger partial charge in [0.2, 0.25) is 0 Å². The van der Waals surface area contributed by atoms with E-state index in [-0.39, 0.29) is 17.3 Å². The van der Waals surface area contributed by atoms with Crippen LogP contribution in [0.15, 0.2) is 47.4 Å². The molecule has 0 saturated heterocycles. The fourth-order valence-electron chi connectivity index (χ4n) is 3.62. The first-order valence-electron chi connectivity index (χ1n) is 9.06. The smallest absolute Gasteiger partial charge is 0.307 e. The number of carboxylic acid groups (broad SMARTS) is 1. The van der Waals surface area contributed by atoms with Crippen LogP contribution in [-0.4, -0.2) is 11.1 Å². The molecule has 2 N–H and O–H groups in total. The Hall–Kier alpha value is -1.94. The number of aliphatic carboxylic acids is 1. The third-order valence-corrected chi connectivity index (χ3v) is 6.26. The Bertz CT molecular complexity index is 809. The summed E-state index contributed by atoms with van der Waals surface area (Å²) in [7, 11) is 0. The molecule has 0 spiro atoms. The zero-order valence-electron chi connectivity index (χ0n) is 15.9. The van der Waals surface area contributed by atoms with Gasteiger partial charge in [-0.25, -0.2) is 0 Å². The van der Waals surface area contributed by atoms with E-state index >= 15 is 0 Å². The summed E-state index contributed by atoms with van der Waals surface area (Å²) in [5.41, 5.74) is 5.26. The second kappa shape index (κ2) is 6.99. The first-order chi connectivity index (χ1) is 12.2. The molecule has 1 aliphatic carbocycles. The third-order valence-electron chi connectivity index (χ3n) is 5.42. The van der Waals surface area contributed by atoms with Crippen LogP contribution < -0.4 is 4.72 Å². The van der Waals surface area contributed by atoms with Crippen LogP contribution in [0.3, 0.4) is 0 Å². The summed E-state index contributed by atoms with van der Waals surface area (Å²) < 4.78 is 3.44. The Morgan fingerprint density at radius 3 is 2.23 bits per heavy atom. The average molecular weight is 370 g/mol. The molecule has 0 aromatic heterocycles. The molecule has 1 aliphatic rings. The minimum atomic E-state index is -0.803. The maximum Gasteiger partial charge on any atom is 0.307 e. The monoisotopic (exact) mass is 369 g/mol. The quantitative estimate of drug-likeness (QED) is 0.656. The van der Waals surface area contributed by atoms with Crippen molar-refractivity contribution in [2.45, 2.75) is 62.7 Å². The molecule has 3 nitrogen and oxygen atoms in total. The van der Waals surface area contributed by atoms with Gasteiger partial charge in [0, 0.05) is 10.6 Å². The van der Waals surface area contributed by atoms with E-state index in [9.17, 15) is 4.79 Å². The van der Waals surface area contributed by atoms with Crippen molar-refractivity contribution in [3.05, 3.63) is 59.2 Å². The minimum Gasteiger partial charge on any atom is -0.481 e. The highest BCUT2D eigenvalue weighted by molar-refractivity contribution is 8.00. The van der Waals surface area contributed by atoms with Crippen molar-refractivity contribution >= 4 is 23.6 Å². The lowest BCUT2D eigenvalue weighted by Crippen LogP contribution is -2.33. The standard InChI is InChI=1S/C22H27NO2S/c1-21(2)11-12-22(3,4)19-14-16(7-10-18(19)21)23-26-17-8-5-15(6-9-17)13-20(24)25/h5-10,14,23H,11-13H2,1-4H3,(H,24,25).